The number of rotatable bonds is 5. The summed E-state index contributed by atoms with van der Waals surface area (Å²) < 4.78 is 5.66. The lowest BCUT2D eigenvalue weighted by molar-refractivity contribution is -0.122. The molecule has 1 aliphatic carbocycles. The van der Waals surface area contributed by atoms with Gasteiger partial charge >= 0.3 is 0 Å². The van der Waals surface area contributed by atoms with E-state index in [9.17, 15) is 9.59 Å². The molecule has 0 spiro atoms. The number of nitrogens with one attached hydrogen (secondary N) is 1. The van der Waals surface area contributed by atoms with Gasteiger partial charge in [-0.3, -0.25) is 9.59 Å². The van der Waals surface area contributed by atoms with Crippen molar-refractivity contribution in [3.63, 3.8) is 0 Å². The number of anilines is 1. The molecule has 0 fully saturated rings. The number of hydrogen-bond donors (Lipinski definition) is 2. The van der Waals surface area contributed by atoms with Gasteiger partial charge in [0.15, 0.2) is 6.10 Å². The zero-order valence-corrected chi connectivity index (χ0v) is 17.8. The van der Waals surface area contributed by atoms with Crippen molar-refractivity contribution in [2.45, 2.75) is 51.6 Å². The average Bonchev–Trinajstić information content (AvgIpc) is 2.93. The Kier molecular flexibility index (Phi) is 6.86. The smallest absolute Gasteiger partial charge is 0.265 e. The lowest BCUT2D eigenvalue weighted by Crippen LogP contribution is -2.30. The fourth-order valence-corrected chi connectivity index (χ4v) is 5.05. The van der Waals surface area contributed by atoms with Crippen molar-refractivity contribution in [2.75, 3.05) is 5.32 Å². The minimum atomic E-state index is -0.816. The zero-order chi connectivity index (χ0) is 20.3. The second-order valence-corrected chi connectivity index (χ2v) is 8.76. The Bertz CT molecular complexity index is 898. The molecule has 1 aromatic carbocycles. The van der Waals surface area contributed by atoms with Crippen LogP contribution in [-0.2, 0) is 17.6 Å². The SMILES string of the molecule is CC(Oc1ccc(Cl)cc1Cl)C(=O)Nc1sc2c(c1C(N)=O)CCCCCC2. The molecular weight excluding hydrogens is 419 g/mol. The van der Waals surface area contributed by atoms with Gasteiger partial charge in [0, 0.05) is 9.90 Å². The third-order valence-corrected chi connectivity index (χ3v) is 6.46. The van der Waals surface area contributed by atoms with Crippen LogP contribution in [0.2, 0.25) is 10.0 Å². The molecule has 2 amide bonds. The largest absolute Gasteiger partial charge is 0.479 e. The number of ether oxygens (including phenoxy) is 1. The predicted octanol–water partition coefficient (Wildman–Crippen LogP) is 5.22. The molecule has 1 unspecified atom stereocenters. The molecule has 0 bridgehead atoms. The second-order valence-electron chi connectivity index (χ2n) is 6.81. The van der Waals surface area contributed by atoms with Crippen molar-refractivity contribution in [1.82, 2.24) is 0 Å². The number of nitrogens with two attached hydrogens (primary N) is 1. The summed E-state index contributed by atoms with van der Waals surface area (Å²) in [5.74, 6) is -0.521. The maximum Gasteiger partial charge on any atom is 0.265 e. The molecule has 3 N–H and O–H groups in total. The lowest BCUT2D eigenvalue weighted by Gasteiger charge is -2.15. The normalized spacial score (nSPS) is 15.1. The highest BCUT2D eigenvalue weighted by molar-refractivity contribution is 7.17. The Morgan fingerprint density at radius 2 is 1.89 bits per heavy atom. The van der Waals surface area contributed by atoms with Crippen LogP contribution in [0.15, 0.2) is 18.2 Å². The summed E-state index contributed by atoms with van der Waals surface area (Å²) >= 11 is 13.4. The van der Waals surface area contributed by atoms with E-state index in [1.54, 1.807) is 25.1 Å². The molecular formula is C20H22Cl2N2O3S. The number of benzene rings is 1. The van der Waals surface area contributed by atoms with E-state index in [0.29, 0.717) is 26.4 Å². The summed E-state index contributed by atoms with van der Waals surface area (Å²) in [4.78, 5) is 25.9. The Hall–Kier alpha value is -1.76. The van der Waals surface area contributed by atoms with Crippen LogP contribution in [0.4, 0.5) is 5.00 Å². The molecule has 3 rings (SSSR count). The molecule has 0 saturated carbocycles. The maximum absolute atomic E-state index is 12.7. The quantitative estimate of drug-likeness (QED) is 0.668. The van der Waals surface area contributed by atoms with E-state index in [1.807, 2.05) is 0 Å². The summed E-state index contributed by atoms with van der Waals surface area (Å²) in [6.07, 6.45) is 5.32. The first-order valence-electron chi connectivity index (χ1n) is 9.23. The van der Waals surface area contributed by atoms with Gasteiger partial charge < -0.3 is 15.8 Å². The fraction of sp³-hybridized carbons (Fsp3) is 0.400. The van der Waals surface area contributed by atoms with Gasteiger partial charge in [0.05, 0.1) is 10.6 Å². The van der Waals surface area contributed by atoms with Crippen molar-refractivity contribution in [3.05, 3.63) is 44.2 Å². The number of carbonyl (C=O) groups is 2. The summed E-state index contributed by atoms with van der Waals surface area (Å²) in [7, 11) is 0. The van der Waals surface area contributed by atoms with Gasteiger partial charge in [-0.25, -0.2) is 0 Å². The predicted molar refractivity (Wildman–Crippen MR) is 114 cm³/mol. The summed E-state index contributed by atoms with van der Waals surface area (Å²) in [5, 5.41) is 4.13. The number of hydrogen-bond acceptors (Lipinski definition) is 4. The summed E-state index contributed by atoms with van der Waals surface area (Å²) in [6.45, 7) is 1.62. The van der Waals surface area contributed by atoms with Gasteiger partial charge in [0.1, 0.15) is 10.8 Å². The molecule has 1 atom stereocenters. The van der Waals surface area contributed by atoms with E-state index < -0.39 is 12.0 Å². The third kappa shape index (κ3) is 4.80. The molecule has 2 aromatic rings. The zero-order valence-electron chi connectivity index (χ0n) is 15.5. The van der Waals surface area contributed by atoms with Crippen LogP contribution in [0.5, 0.6) is 5.75 Å². The first-order chi connectivity index (χ1) is 13.4. The van der Waals surface area contributed by atoms with Crippen molar-refractivity contribution in [2.24, 2.45) is 5.73 Å². The Labute approximate surface area is 178 Å². The molecule has 150 valence electrons. The van der Waals surface area contributed by atoms with Gasteiger partial charge in [-0.05, 0) is 56.4 Å². The standard InChI is InChI=1S/C20H22Cl2N2O3S/c1-11(27-15-9-8-12(21)10-14(15)22)19(26)24-20-17(18(23)25)13-6-4-2-3-5-7-16(13)28-20/h8-11H,2-7H2,1H3,(H2,23,25)(H,24,26). The molecule has 0 radical (unpaired) electrons. The Morgan fingerprint density at radius 3 is 2.57 bits per heavy atom. The monoisotopic (exact) mass is 440 g/mol. The third-order valence-electron chi connectivity index (χ3n) is 4.72. The van der Waals surface area contributed by atoms with Crippen molar-refractivity contribution >= 4 is 51.4 Å². The number of thiophene rings is 1. The van der Waals surface area contributed by atoms with Crippen molar-refractivity contribution in [1.29, 1.82) is 0 Å². The van der Waals surface area contributed by atoms with E-state index in [4.69, 9.17) is 33.7 Å². The minimum Gasteiger partial charge on any atom is -0.479 e. The number of fused-ring (bicyclic) bond motifs is 1. The van der Waals surface area contributed by atoms with Gasteiger partial charge in [0.2, 0.25) is 0 Å². The second kappa shape index (κ2) is 9.16. The van der Waals surface area contributed by atoms with E-state index in [0.717, 1.165) is 42.5 Å². The summed E-state index contributed by atoms with van der Waals surface area (Å²) in [6, 6.07) is 4.80. The van der Waals surface area contributed by atoms with E-state index in [2.05, 4.69) is 5.32 Å². The van der Waals surface area contributed by atoms with Crippen LogP contribution in [0.3, 0.4) is 0 Å². The number of amides is 2. The molecule has 1 aromatic heterocycles. The van der Waals surface area contributed by atoms with Crippen LogP contribution in [0.25, 0.3) is 0 Å². The Morgan fingerprint density at radius 1 is 1.18 bits per heavy atom. The average molecular weight is 441 g/mol. The van der Waals surface area contributed by atoms with E-state index >= 15 is 0 Å². The van der Waals surface area contributed by atoms with Gasteiger partial charge in [0.25, 0.3) is 11.8 Å². The summed E-state index contributed by atoms with van der Waals surface area (Å²) in [5.41, 5.74) is 7.06. The van der Waals surface area contributed by atoms with Crippen molar-refractivity contribution in [3.8, 4) is 5.75 Å². The number of carbonyl (C=O) groups excluding carboxylic acids is 2. The van der Waals surface area contributed by atoms with Gasteiger partial charge in [-0.2, -0.15) is 0 Å². The first kappa shape index (κ1) is 21.0. The van der Waals surface area contributed by atoms with Gasteiger partial charge in [-0.15, -0.1) is 11.3 Å². The number of halogens is 2. The van der Waals surface area contributed by atoms with Crippen LogP contribution in [-0.4, -0.2) is 17.9 Å². The highest BCUT2D eigenvalue weighted by Crippen LogP contribution is 2.37. The highest BCUT2D eigenvalue weighted by atomic mass is 35.5. The Balaban J connectivity index is 1.79. The van der Waals surface area contributed by atoms with Crippen LogP contribution in [0.1, 0.15) is 53.4 Å². The molecule has 1 heterocycles. The fourth-order valence-electron chi connectivity index (χ4n) is 3.30. The van der Waals surface area contributed by atoms with E-state index in [1.165, 1.54) is 17.8 Å². The van der Waals surface area contributed by atoms with E-state index in [-0.39, 0.29) is 5.91 Å². The first-order valence-corrected chi connectivity index (χ1v) is 10.8. The van der Waals surface area contributed by atoms with Crippen LogP contribution >= 0.6 is 34.5 Å². The van der Waals surface area contributed by atoms with Crippen LogP contribution in [0, 0.1) is 0 Å². The molecule has 8 heteroatoms. The highest BCUT2D eigenvalue weighted by Gasteiger charge is 2.25. The molecule has 0 aliphatic heterocycles. The van der Waals surface area contributed by atoms with Crippen LogP contribution < -0.4 is 15.8 Å². The number of aryl methyl sites for hydroxylation is 1. The topological polar surface area (TPSA) is 81.4 Å². The molecule has 5 nitrogen and oxygen atoms in total. The number of primary amides is 1. The van der Waals surface area contributed by atoms with Gasteiger partial charge in [-0.1, -0.05) is 36.0 Å². The van der Waals surface area contributed by atoms with Crippen molar-refractivity contribution < 1.29 is 14.3 Å². The molecule has 1 aliphatic rings. The molecule has 28 heavy (non-hydrogen) atoms. The minimum absolute atomic E-state index is 0.323. The maximum atomic E-state index is 12.7. The molecule has 0 saturated heterocycles. The lowest BCUT2D eigenvalue weighted by atomic mass is 9.96.